The maximum atomic E-state index is 12.7. The van der Waals surface area contributed by atoms with E-state index in [9.17, 15) is 26.4 Å². The van der Waals surface area contributed by atoms with Crippen molar-refractivity contribution in [3.05, 3.63) is 29.3 Å². The Balaban J connectivity index is 3.34. The lowest BCUT2D eigenvalue weighted by molar-refractivity contribution is -0.138. The molecule has 0 spiro atoms. The Hall–Kier alpha value is -1.57. The number of carbonyl (C=O) groups is 1. The van der Waals surface area contributed by atoms with Crippen molar-refractivity contribution < 1.29 is 26.4 Å². The molecule has 8 heteroatoms. The Kier molecular flexibility index (Phi) is 4.24. The molecule has 0 heterocycles. The highest BCUT2D eigenvalue weighted by Crippen LogP contribution is 2.34. The number of sulfonamides is 1. The van der Waals surface area contributed by atoms with Crippen molar-refractivity contribution in [3.63, 3.8) is 0 Å². The van der Waals surface area contributed by atoms with Crippen LogP contribution in [0.15, 0.2) is 23.1 Å². The zero-order valence-corrected chi connectivity index (χ0v) is 11.0. The highest BCUT2D eigenvalue weighted by molar-refractivity contribution is 7.90. The molecule has 4 nitrogen and oxygen atoms in total. The Morgan fingerprint density at radius 2 is 1.89 bits per heavy atom. The number of halogens is 3. The second-order valence-electron chi connectivity index (χ2n) is 3.81. The van der Waals surface area contributed by atoms with Gasteiger partial charge in [0.15, 0.2) is 0 Å². The van der Waals surface area contributed by atoms with E-state index >= 15 is 0 Å². The Morgan fingerprint density at radius 1 is 1.32 bits per heavy atom. The largest absolute Gasteiger partial charge is 0.416 e. The molecule has 0 aliphatic heterocycles. The number of amides is 1. The minimum atomic E-state index is -4.65. The third-order valence-electron chi connectivity index (χ3n) is 2.45. The van der Waals surface area contributed by atoms with Crippen LogP contribution in [0.5, 0.6) is 0 Å². The van der Waals surface area contributed by atoms with Gasteiger partial charge in [0, 0.05) is 6.42 Å². The maximum absolute atomic E-state index is 12.7. The van der Waals surface area contributed by atoms with E-state index in [4.69, 9.17) is 0 Å². The van der Waals surface area contributed by atoms with Crippen LogP contribution in [0.3, 0.4) is 0 Å². The van der Waals surface area contributed by atoms with Gasteiger partial charge >= 0.3 is 6.18 Å². The molecule has 0 atom stereocenters. The maximum Gasteiger partial charge on any atom is 0.416 e. The van der Waals surface area contributed by atoms with Gasteiger partial charge in [0.2, 0.25) is 5.91 Å². The standard InChI is InChI=1S/C11H12F3NO3S/c1-3-10(16)15-19(17,18)9-6-4-5-8(7(9)2)11(12,13)14/h4-6H,3H2,1-2H3,(H,15,16). The predicted molar refractivity (Wildman–Crippen MR) is 61.8 cm³/mol. The second-order valence-corrected chi connectivity index (χ2v) is 5.46. The molecule has 0 aliphatic rings. The number of nitrogens with one attached hydrogen (secondary N) is 1. The van der Waals surface area contributed by atoms with Crippen molar-refractivity contribution in [3.8, 4) is 0 Å². The first-order chi connectivity index (χ1) is 8.59. The quantitative estimate of drug-likeness (QED) is 0.930. The first-order valence-electron chi connectivity index (χ1n) is 5.32. The average molecular weight is 295 g/mol. The van der Waals surface area contributed by atoms with E-state index in [2.05, 4.69) is 0 Å². The van der Waals surface area contributed by atoms with Crippen LogP contribution in [0.4, 0.5) is 13.2 Å². The van der Waals surface area contributed by atoms with E-state index in [1.54, 1.807) is 4.72 Å². The van der Waals surface area contributed by atoms with Crippen LogP contribution < -0.4 is 4.72 Å². The molecule has 0 aromatic heterocycles. The first-order valence-corrected chi connectivity index (χ1v) is 6.80. The Labute approximate surface area is 108 Å². The van der Waals surface area contributed by atoms with Gasteiger partial charge < -0.3 is 0 Å². The third-order valence-corrected chi connectivity index (χ3v) is 3.97. The van der Waals surface area contributed by atoms with Crippen molar-refractivity contribution >= 4 is 15.9 Å². The van der Waals surface area contributed by atoms with Crippen LogP contribution in [0.2, 0.25) is 0 Å². The fraction of sp³-hybridized carbons (Fsp3) is 0.364. The zero-order valence-electron chi connectivity index (χ0n) is 10.2. The van der Waals surface area contributed by atoms with Crippen molar-refractivity contribution in [1.82, 2.24) is 4.72 Å². The van der Waals surface area contributed by atoms with Gasteiger partial charge in [-0.25, -0.2) is 13.1 Å². The van der Waals surface area contributed by atoms with Crippen molar-refractivity contribution in [1.29, 1.82) is 0 Å². The molecule has 0 aliphatic carbocycles. The molecule has 0 saturated heterocycles. The van der Waals surface area contributed by atoms with Crippen molar-refractivity contribution in [2.24, 2.45) is 0 Å². The van der Waals surface area contributed by atoms with Gasteiger partial charge in [-0.2, -0.15) is 13.2 Å². The summed E-state index contributed by atoms with van der Waals surface area (Å²) in [5.74, 6) is -0.781. The summed E-state index contributed by atoms with van der Waals surface area (Å²) >= 11 is 0. The van der Waals surface area contributed by atoms with Crippen LogP contribution in [0.1, 0.15) is 24.5 Å². The summed E-state index contributed by atoms with van der Waals surface area (Å²) < 4.78 is 63.3. The molecule has 19 heavy (non-hydrogen) atoms. The highest BCUT2D eigenvalue weighted by atomic mass is 32.2. The van der Waals surface area contributed by atoms with Gasteiger partial charge in [0.05, 0.1) is 10.5 Å². The fourth-order valence-electron chi connectivity index (χ4n) is 1.49. The molecule has 0 bridgehead atoms. The smallest absolute Gasteiger partial charge is 0.274 e. The highest BCUT2D eigenvalue weighted by Gasteiger charge is 2.34. The molecule has 0 unspecified atom stereocenters. The van der Waals surface area contributed by atoms with Gasteiger partial charge in [-0.1, -0.05) is 13.0 Å². The van der Waals surface area contributed by atoms with Crippen LogP contribution in [-0.2, 0) is 21.0 Å². The molecule has 1 rings (SSSR count). The summed E-state index contributed by atoms with van der Waals surface area (Å²) in [6.07, 6.45) is -4.73. The van der Waals surface area contributed by atoms with Gasteiger partial charge in [-0.05, 0) is 24.6 Å². The first kappa shape index (κ1) is 15.5. The number of benzene rings is 1. The van der Waals surface area contributed by atoms with E-state index < -0.39 is 38.1 Å². The Bertz CT molecular complexity index is 594. The van der Waals surface area contributed by atoms with Crippen molar-refractivity contribution in [2.75, 3.05) is 0 Å². The topological polar surface area (TPSA) is 63.2 Å². The Morgan fingerprint density at radius 3 is 2.37 bits per heavy atom. The molecular formula is C11H12F3NO3S. The molecule has 1 aromatic carbocycles. The molecule has 106 valence electrons. The summed E-state index contributed by atoms with van der Waals surface area (Å²) in [7, 11) is -4.28. The molecule has 0 radical (unpaired) electrons. The summed E-state index contributed by atoms with van der Waals surface area (Å²) in [5, 5.41) is 0. The summed E-state index contributed by atoms with van der Waals surface area (Å²) in [6, 6.07) is 2.80. The van der Waals surface area contributed by atoms with E-state index in [1.807, 2.05) is 0 Å². The van der Waals surface area contributed by atoms with E-state index in [1.165, 1.54) is 6.92 Å². The second kappa shape index (κ2) is 5.20. The zero-order chi connectivity index (χ0) is 14.8. The van der Waals surface area contributed by atoms with Crippen LogP contribution >= 0.6 is 0 Å². The van der Waals surface area contributed by atoms with Crippen LogP contribution in [0.25, 0.3) is 0 Å². The molecule has 1 amide bonds. The fourth-order valence-corrected chi connectivity index (χ4v) is 2.81. The SMILES string of the molecule is CCC(=O)NS(=O)(=O)c1cccc(C(F)(F)F)c1C. The number of hydrogen-bond acceptors (Lipinski definition) is 3. The predicted octanol–water partition coefficient (Wildman–Crippen LogP) is 2.23. The molecule has 1 aromatic rings. The van der Waals surface area contributed by atoms with E-state index in [0.29, 0.717) is 0 Å². The van der Waals surface area contributed by atoms with Gasteiger partial charge in [0.1, 0.15) is 0 Å². The number of carbonyl (C=O) groups excluding carboxylic acids is 1. The molecule has 1 N–H and O–H groups in total. The van der Waals surface area contributed by atoms with Crippen molar-refractivity contribution in [2.45, 2.75) is 31.3 Å². The van der Waals surface area contributed by atoms with Gasteiger partial charge in [0.25, 0.3) is 10.0 Å². The summed E-state index contributed by atoms with van der Waals surface area (Å²) in [6.45, 7) is 2.48. The van der Waals surface area contributed by atoms with Gasteiger partial charge in [-0.15, -0.1) is 0 Å². The molecule has 0 fully saturated rings. The third kappa shape index (κ3) is 3.46. The normalized spacial score (nSPS) is 12.3. The van der Waals surface area contributed by atoms with E-state index in [0.717, 1.165) is 25.1 Å². The number of hydrogen-bond donors (Lipinski definition) is 1. The molecule has 0 saturated carbocycles. The lowest BCUT2D eigenvalue weighted by Gasteiger charge is -2.14. The minimum absolute atomic E-state index is 0.0861. The summed E-state index contributed by atoms with van der Waals surface area (Å²) in [4.78, 5) is 10.5. The van der Waals surface area contributed by atoms with Gasteiger partial charge in [-0.3, -0.25) is 4.79 Å². The minimum Gasteiger partial charge on any atom is -0.274 e. The van der Waals surface area contributed by atoms with Crippen LogP contribution in [0, 0.1) is 6.92 Å². The van der Waals surface area contributed by atoms with Crippen LogP contribution in [-0.4, -0.2) is 14.3 Å². The molecular weight excluding hydrogens is 283 g/mol. The summed E-state index contributed by atoms with van der Waals surface area (Å²) in [5.41, 5.74) is -1.48. The monoisotopic (exact) mass is 295 g/mol. The lowest BCUT2D eigenvalue weighted by atomic mass is 10.1. The average Bonchev–Trinajstić information content (AvgIpc) is 2.26. The lowest BCUT2D eigenvalue weighted by Crippen LogP contribution is -2.30. The number of rotatable bonds is 3. The van der Waals surface area contributed by atoms with E-state index in [-0.39, 0.29) is 6.42 Å². The number of alkyl halides is 3.